The maximum absolute atomic E-state index is 10.7. The van der Waals surface area contributed by atoms with Gasteiger partial charge in [0, 0.05) is 12.6 Å². The molecule has 3 heteroatoms. The number of hydrogen-bond acceptors (Lipinski definition) is 3. The van der Waals surface area contributed by atoms with Crippen molar-refractivity contribution < 1.29 is 10.2 Å². The molecule has 2 rings (SSSR count). The molecule has 0 saturated carbocycles. The zero-order valence-electron chi connectivity index (χ0n) is 14.7. The fourth-order valence-electron chi connectivity index (χ4n) is 4.03. The molecule has 0 bridgehead atoms. The van der Waals surface area contributed by atoms with Gasteiger partial charge in [-0.1, -0.05) is 31.6 Å². The summed E-state index contributed by atoms with van der Waals surface area (Å²) in [5.74, 6) is 0.448. The Morgan fingerprint density at radius 1 is 1.50 bits per heavy atom. The number of aliphatic hydroxyl groups excluding tert-OH is 1. The molecule has 0 aromatic heterocycles. The van der Waals surface area contributed by atoms with Crippen LogP contribution < -0.4 is 0 Å². The molecule has 2 heterocycles. The van der Waals surface area contributed by atoms with E-state index in [-0.39, 0.29) is 6.10 Å². The molecule has 2 fully saturated rings. The SMILES string of the molecule is CC[C@@H](O)/C(C)=C/C[C@@H](C)/C=C1/CN2CCC[C@H]2[C@@](C)(O)C1. The molecule has 2 N–H and O–H groups in total. The minimum Gasteiger partial charge on any atom is -0.389 e. The van der Waals surface area contributed by atoms with Gasteiger partial charge in [0.15, 0.2) is 0 Å². The van der Waals surface area contributed by atoms with E-state index in [4.69, 9.17) is 0 Å². The van der Waals surface area contributed by atoms with Gasteiger partial charge in [0.05, 0.1) is 11.7 Å². The first kappa shape index (κ1) is 17.7. The first-order chi connectivity index (χ1) is 10.3. The van der Waals surface area contributed by atoms with E-state index in [1.54, 1.807) is 0 Å². The molecule has 0 aromatic rings. The Kier molecular flexibility index (Phi) is 5.87. The molecule has 0 amide bonds. The predicted molar refractivity (Wildman–Crippen MR) is 91.8 cm³/mol. The molecule has 0 aliphatic carbocycles. The quantitative estimate of drug-likeness (QED) is 0.766. The van der Waals surface area contributed by atoms with Crippen LogP contribution >= 0.6 is 0 Å². The van der Waals surface area contributed by atoms with E-state index in [1.165, 1.54) is 12.0 Å². The molecule has 3 nitrogen and oxygen atoms in total. The summed E-state index contributed by atoms with van der Waals surface area (Å²) in [5, 5.41) is 20.5. The van der Waals surface area contributed by atoms with Gasteiger partial charge in [-0.15, -0.1) is 0 Å². The zero-order chi connectivity index (χ0) is 16.3. The number of rotatable bonds is 5. The van der Waals surface area contributed by atoms with Crippen LogP contribution in [0, 0.1) is 5.92 Å². The molecule has 2 saturated heterocycles. The highest BCUT2D eigenvalue weighted by Gasteiger charge is 2.43. The van der Waals surface area contributed by atoms with Crippen molar-refractivity contribution in [3.05, 3.63) is 23.3 Å². The average molecular weight is 307 g/mol. The number of fused-ring (bicyclic) bond motifs is 1. The van der Waals surface area contributed by atoms with E-state index in [2.05, 4.69) is 24.0 Å². The van der Waals surface area contributed by atoms with Crippen molar-refractivity contribution in [3.8, 4) is 0 Å². The molecule has 0 aromatic carbocycles. The van der Waals surface area contributed by atoms with Crippen molar-refractivity contribution >= 4 is 0 Å². The van der Waals surface area contributed by atoms with E-state index in [0.717, 1.165) is 44.3 Å². The lowest BCUT2D eigenvalue weighted by molar-refractivity contribution is -0.0330. The first-order valence-corrected chi connectivity index (χ1v) is 8.84. The van der Waals surface area contributed by atoms with E-state index < -0.39 is 5.60 Å². The van der Waals surface area contributed by atoms with Crippen molar-refractivity contribution in [1.82, 2.24) is 4.90 Å². The highest BCUT2D eigenvalue weighted by atomic mass is 16.3. The summed E-state index contributed by atoms with van der Waals surface area (Å²) in [4.78, 5) is 2.45. The second-order valence-corrected chi connectivity index (χ2v) is 7.57. The van der Waals surface area contributed by atoms with Gasteiger partial charge in [0.2, 0.25) is 0 Å². The molecular formula is C19H33NO2. The highest BCUT2D eigenvalue weighted by Crippen LogP contribution is 2.37. The first-order valence-electron chi connectivity index (χ1n) is 8.84. The van der Waals surface area contributed by atoms with Crippen LogP contribution in [0.5, 0.6) is 0 Å². The molecule has 0 unspecified atom stereocenters. The number of allylic oxidation sites excluding steroid dienone is 2. The lowest BCUT2D eigenvalue weighted by Gasteiger charge is -2.43. The van der Waals surface area contributed by atoms with Crippen molar-refractivity contribution in [2.24, 2.45) is 5.92 Å². The lowest BCUT2D eigenvalue weighted by atomic mass is 9.82. The highest BCUT2D eigenvalue weighted by molar-refractivity contribution is 5.18. The van der Waals surface area contributed by atoms with Gasteiger partial charge in [-0.05, 0) is 64.0 Å². The maximum atomic E-state index is 10.7. The monoisotopic (exact) mass is 307 g/mol. The summed E-state index contributed by atoms with van der Waals surface area (Å²) in [6.07, 6.45) is 9.07. The minimum atomic E-state index is -0.579. The van der Waals surface area contributed by atoms with E-state index >= 15 is 0 Å². The van der Waals surface area contributed by atoms with Crippen LogP contribution in [0.15, 0.2) is 23.3 Å². The molecule has 0 spiro atoms. The summed E-state index contributed by atoms with van der Waals surface area (Å²) in [6.45, 7) is 10.4. The summed E-state index contributed by atoms with van der Waals surface area (Å²) in [5.41, 5.74) is 1.87. The van der Waals surface area contributed by atoms with Crippen LogP contribution in [0.1, 0.15) is 59.8 Å². The normalized spacial score (nSPS) is 34.7. The van der Waals surface area contributed by atoms with Crippen LogP contribution in [-0.2, 0) is 0 Å². The Morgan fingerprint density at radius 2 is 2.23 bits per heavy atom. The Bertz CT molecular complexity index is 439. The molecule has 2 aliphatic heterocycles. The topological polar surface area (TPSA) is 43.7 Å². The Balaban J connectivity index is 1.97. The van der Waals surface area contributed by atoms with Crippen LogP contribution in [0.3, 0.4) is 0 Å². The summed E-state index contributed by atoms with van der Waals surface area (Å²) in [6, 6.07) is 0.349. The fourth-order valence-corrected chi connectivity index (χ4v) is 4.03. The number of hydrogen-bond donors (Lipinski definition) is 2. The molecular weight excluding hydrogens is 274 g/mol. The van der Waals surface area contributed by atoms with Gasteiger partial charge in [-0.25, -0.2) is 0 Å². The van der Waals surface area contributed by atoms with E-state index in [9.17, 15) is 10.2 Å². The summed E-state index contributed by atoms with van der Waals surface area (Å²) in [7, 11) is 0. The van der Waals surface area contributed by atoms with Crippen molar-refractivity contribution in [2.45, 2.75) is 77.5 Å². The van der Waals surface area contributed by atoms with Crippen LogP contribution in [0.4, 0.5) is 0 Å². The zero-order valence-corrected chi connectivity index (χ0v) is 14.7. The second kappa shape index (κ2) is 7.29. The van der Waals surface area contributed by atoms with Crippen LogP contribution in [0.25, 0.3) is 0 Å². The van der Waals surface area contributed by atoms with Crippen molar-refractivity contribution in [2.75, 3.05) is 13.1 Å². The lowest BCUT2D eigenvalue weighted by Crippen LogP contribution is -2.52. The van der Waals surface area contributed by atoms with Crippen LogP contribution in [0.2, 0.25) is 0 Å². The number of aliphatic hydroxyl groups is 2. The predicted octanol–water partition coefficient (Wildman–Crippen LogP) is 3.28. The van der Waals surface area contributed by atoms with Gasteiger partial charge in [-0.2, -0.15) is 0 Å². The standard InChI is InChI=1S/C19H33NO2/c1-5-17(21)15(3)9-8-14(2)11-16-12-19(4,22)18-7-6-10-20(18)13-16/h9,11,14,17-18,21-22H,5-8,10,12-13H2,1-4H3/b15-9+,16-11+/t14-,17-,18+,19+/m1/s1. The molecule has 4 atom stereocenters. The Labute approximate surface area is 135 Å². The Hall–Kier alpha value is -0.640. The number of nitrogens with zero attached hydrogens (tertiary/aromatic N) is 1. The molecule has 0 radical (unpaired) electrons. The molecule has 2 aliphatic rings. The van der Waals surface area contributed by atoms with Gasteiger partial charge < -0.3 is 10.2 Å². The van der Waals surface area contributed by atoms with Crippen molar-refractivity contribution in [3.63, 3.8) is 0 Å². The van der Waals surface area contributed by atoms with Crippen LogP contribution in [-0.4, -0.2) is 45.9 Å². The maximum Gasteiger partial charge on any atom is 0.0811 e. The van der Waals surface area contributed by atoms with E-state index in [0.29, 0.717) is 12.0 Å². The summed E-state index contributed by atoms with van der Waals surface area (Å²) < 4.78 is 0. The Morgan fingerprint density at radius 3 is 2.91 bits per heavy atom. The minimum absolute atomic E-state index is 0.305. The van der Waals surface area contributed by atoms with Gasteiger partial charge in [0.1, 0.15) is 0 Å². The van der Waals surface area contributed by atoms with Gasteiger partial charge in [0.25, 0.3) is 0 Å². The third kappa shape index (κ3) is 4.21. The van der Waals surface area contributed by atoms with Crippen molar-refractivity contribution in [1.29, 1.82) is 0 Å². The van der Waals surface area contributed by atoms with Gasteiger partial charge in [-0.3, -0.25) is 4.90 Å². The third-order valence-corrected chi connectivity index (χ3v) is 5.32. The molecule has 126 valence electrons. The molecule has 22 heavy (non-hydrogen) atoms. The second-order valence-electron chi connectivity index (χ2n) is 7.57. The average Bonchev–Trinajstić information content (AvgIpc) is 2.92. The summed E-state index contributed by atoms with van der Waals surface area (Å²) >= 11 is 0. The largest absolute Gasteiger partial charge is 0.389 e. The fraction of sp³-hybridized carbons (Fsp3) is 0.789. The van der Waals surface area contributed by atoms with E-state index in [1.807, 2.05) is 20.8 Å². The smallest absolute Gasteiger partial charge is 0.0811 e. The number of piperidine rings is 1. The van der Waals surface area contributed by atoms with Gasteiger partial charge >= 0.3 is 0 Å². The third-order valence-electron chi connectivity index (χ3n) is 5.32.